The van der Waals surface area contributed by atoms with Crippen molar-refractivity contribution in [2.24, 2.45) is 5.92 Å². The average molecular weight is 470 g/mol. The normalized spacial score (nSPS) is 14.0. The van der Waals surface area contributed by atoms with Crippen LogP contribution in [0.4, 0.5) is 0 Å². The van der Waals surface area contributed by atoms with Gasteiger partial charge < -0.3 is 37.2 Å². The Morgan fingerprint density at radius 2 is 1.39 bits per heavy atom. The first-order chi connectivity index (χ1) is 12.0. The van der Waals surface area contributed by atoms with Gasteiger partial charge >= 0.3 is 165 Å². The summed E-state index contributed by atoms with van der Waals surface area (Å²) in [5.41, 5.74) is 8.71. The maximum atomic E-state index is 2.43. The molecule has 0 nitrogen and oxygen atoms in total. The van der Waals surface area contributed by atoms with Crippen molar-refractivity contribution < 1.29 is 57.7 Å². The molecule has 28 heavy (non-hydrogen) atoms. The van der Waals surface area contributed by atoms with E-state index in [9.17, 15) is 0 Å². The van der Waals surface area contributed by atoms with Crippen LogP contribution in [0.2, 0.25) is 0 Å². The van der Waals surface area contributed by atoms with Gasteiger partial charge in [0.25, 0.3) is 0 Å². The number of halogens is 3. The summed E-state index contributed by atoms with van der Waals surface area (Å²) in [4.78, 5) is 0. The summed E-state index contributed by atoms with van der Waals surface area (Å²) in [5.74, 6) is 0.975. The summed E-state index contributed by atoms with van der Waals surface area (Å²) in [7, 11) is 0. The largest absolute Gasteiger partial charge is 1.00 e. The first kappa shape index (κ1) is 27.5. The van der Waals surface area contributed by atoms with Crippen molar-refractivity contribution >= 4 is 0 Å². The zero-order chi connectivity index (χ0) is 18.0. The number of hydrogen-bond acceptors (Lipinski definition) is 0. The van der Waals surface area contributed by atoms with Gasteiger partial charge in [-0.3, -0.25) is 0 Å². The van der Waals surface area contributed by atoms with E-state index in [0.717, 1.165) is 6.42 Å². The van der Waals surface area contributed by atoms with Gasteiger partial charge in [0, 0.05) is 0 Å². The second kappa shape index (κ2) is 12.3. The van der Waals surface area contributed by atoms with Crippen LogP contribution in [0.15, 0.2) is 69.6 Å². The smallest absolute Gasteiger partial charge is 1.00 e. The zero-order valence-electron chi connectivity index (χ0n) is 16.9. The van der Waals surface area contributed by atoms with Crippen LogP contribution in [-0.4, -0.2) is 0 Å². The number of hydrogen-bond donors (Lipinski definition) is 0. The van der Waals surface area contributed by atoms with Crippen LogP contribution >= 0.6 is 0 Å². The Labute approximate surface area is 200 Å². The fourth-order valence-corrected chi connectivity index (χ4v) is 4.75. The minimum atomic E-state index is 0. The van der Waals surface area contributed by atoms with Gasteiger partial charge in [0.05, 0.1) is 0 Å². The van der Waals surface area contributed by atoms with Crippen LogP contribution in [0, 0.1) is 19.8 Å². The Hall–Kier alpha value is -0.496. The minimum absolute atomic E-state index is 0. The van der Waals surface area contributed by atoms with E-state index in [2.05, 4.69) is 103 Å². The molecule has 1 atom stereocenters. The number of benzene rings is 2. The monoisotopic (exact) mass is 468 g/mol. The molecule has 2 aromatic rings. The molecule has 2 aromatic carbocycles. The molecule has 1 unspecified atom stereocenters. The molecule has 0 radical (unpaired) electrons. The molecule has 0 aliphatic heterocycles. The Kier molecular flexibility index (Phi) is 12.0. The fraction of sp³-hybridized carbons (Fsp3) is 0.333. The number of rotatable bonds is 5. The zero-order valence-corrected chi connectivity index (χ0v) is 20.7. The van der Waals surface area contributed by atoms with Crippen molar-refractivity contribution in [3.63, 3.8) is 0 Å². The van der Waals surface area contributed by atoms with Crippen LogP contribution in [0.3, 0.4) is 0 Å². The third-order valence-corrected chi connectivity index (χ3v) is 6.11. The van der Waals surface area contributed by atoms with Crippen molar-refractivity contribution in [1.29, 1.82) is 0 Å². The van der Waals surface area contributed by atoms with Gasteiger partial charge in [-0.05, 0) is 0 Å². The summed E-state index contributed by atoms with van der Waals surface area (Å²) >= 11 is 2.29. The quantitative estimate of drug-likeness (QED) is 0.430. The predicted octanol–water partition coefficient (Wildman–Crippen LogP) is -2.38. The van der Waals surface area contributed by atoms with Gasteiger partial charge in [0.2, 0.25) is 0 Å². The Bertz CT molecular complexity index is 794. The average Bonchev–Trinajstić information content (AvgIpc) is 2.96. The van der Waals surface area contributed by atoms with Crippen LogP contribution in [0.5, 0.6) is 0 Å². The van der Waals surface area contributed by atoms with Gasteiger partial charge in [-0.25, -0.2) is 0 Å². The van der Waals surface area contributed by atoms with Crippen molar-refractivity contribution in [2.45, 2.75) is 46.5 Å². The van der Waals surface area contributed by atoms with E-state index < -0.39 is 0 Å². The maximum absolute atomic E-state index is 2.43. The van der Waals surface area contributed by atoms with Crippen LogP contribution in [0.1, 0.15) is 54.9 Å². The maximum Gasteiger partial charge on any atom is -1.00 e. The molecule has 0 N–H and O–H groups in total. The third kappa shape index (κ3) is 6.00. The first-order valence-electron chi connectivity index (χ1n) is 9.29. The first-order valence-corrected chi connectivity index (χ1v) is 10.1. The number of aryl methyl sites for hydroxylation is 2. The van der Waals surface area contributed by atoms with E-state index in [0.29, 0.717) is 11.8 Å². The predicted molar refractivity (Wildman–Crippen MR) is 103 cm³/mol. The molecule has 0 fully saturated rings. The van der Waals surface area contributed by atoms with E-state index in [4.69, 9.17) is 0 Å². The summed E-state index contributed by atoms with van der Waals surface area (Å²) < 4.78 is 1.48. The van der Waals surface area contributed by atoms with E-state index >= 15 is 0 Å². The van der Waals surface area contributed by atoms with Crippen LogP contribution in [0.25, 0.3) is 0 Å². The molecule has 0 aromatic heterocycles. The van der Waals surface area contributed by atoms with E-state index in [1.807, 2.05) is 0 Å². The molecule has 4 heteroatoms. The summed E-state index contributed by atoms with van der Waals surface area (Å²) in [5, 5.41) is 0. The molecule has 0 spiro atoms. The molecule has 148 valence electrons. The second-order valence-corrected chi connectivity index (χ2v) is 8.17. The van der Waals surface area contributed by atoms with Gasteiger partial charge in [-0.15, -0.1) is 0 Å². The van der Waals surface area contributed by atoms with Crippen molar-refractivity contribution in [3.8, 4) is 0 Å². The molecular formula is C24H27Cl3Ti. The van der Waals surface area contributed by atoms with Crippen molar-refractivity contribution in [1.82, 2.24) is 0 Å². The van der Waals surface area contributed by atoms with E-state index in [1.54, 1.807) is 11.1 Å². The van der Waals surface area contributed by atoms with Crippen LogP contribution < -0.4 is 37.2 Å². The van der Waals surface area contributed by atoms with E-state index in [-0.39, 0.29) is 37.2 Å². The van der Waals surface area contributed by atoms with Gasteiger partial charge in [-0.2, -0.15) is 0 Å². The van der Waals surface area contributed by atoms with Crippen molar-refractivity contribution in [3.05, 3.63) is 91.9 Å². The van der Waals surface area contributed by atoms with Crippen molar-refractivity contribution in [2.75, 3.05) is 0 Å². The Morgan fingerprint density at radius 3 is 1.82 bits per heavy atom. The molecule has 0 saturated heterocycles. The fourth-order valence-electron chi connectivity index (χ4n) is 3.96. The molecule has 3 rings (SSSR count). The van der Waals surface area contributed by atoms with E-state index in [1.165, 1.54) is 32.6 Å². The SMILES string of the molecule is CCC(C)C1=C(C(c2cccc(C)c2)c2cccc(C)c2)CC=[C]1[Ti+3].[Cl-].[Cl-].[Cl-]. The van der Waals surface area contributed by atoms with Crippen LogP contribution in [-0.2, 0) is 20.4 Å². The summed E-state index contributed by atoms with van der Waals surface area (Å²) in [6.07, 6.45) is 4.70. The Balaban J connectivity index is 0.00000243. The van der Waals surface area contributed by atoms with Gasteiger partial charge in [0.1, 0.15) is 0 Å². The second-order valence-electron chi connectivity index (χ2n) is 7.33. The third-order valence-electron chi connectivity index (χ3n) is 5.37. The number of allylic oxidation sites excluding steroid dienone is 4. The van der Waals surface area contributed by atoms with Gasteiger partial charge in [0.15, 0.2) is 0 Å². The molecule has 1 aliphatic carbocycles. The molecular weight excluding hydrogens is 442 g/mol. The summed E-state index contributed by atoms with van der Waals surface area (Å²) in [6.45, 7) is 9.06. The molecule has 1 aliphatic rings. The molecule has 0 bridgehead atoms. The molecule has 0 heterocycles. The molecule has 0 saturated carbocycles. The topological polar surface area (TPSA) is 0 Å². The standard InChI is InChI=1S/C24H27.3ClH.Ti/c1-5-19(4)22-13-8-14-23(22)24(20-11-6-9-17(2)15-20)21-12-7-10-18(3)16-21;;;;/h6-12,15-16,19,24H,5,14H2,1-4H3;3*1H;/q;;;;+3/p-3. The van der Waals surface area contributed by atoms with Gasteiger partial charge in [-0.1, -0.05) is 0 Å². The molecule has 0 amide bonds. The summed E-state index contributed by atoms with van der Waals surface area (Å²) in [6, 6.07) is 18.1. The minimum Gasteiger partial charge on any atom is -1.00 e. The Morgan fingerprint density at radius 1 is 0.893 bits per heavy atom.